The van der Waals surface area contributed by atoms with Gasteiger partial charge in [0.25, 0.3) is 0 Å². The number of rotatable bonds is 9. The summed E-state index contributed by atoms with van der Waals surface area (Å²) in [4.78, 5) is 4.33. The molecule has 2 atom stereocenters. The Bertz CT molecular complexity index is 298. The summed E-state index contributed by atoms with van der Waals surface area (Å²) in [6, 6.07) is 0.372. The van der Waals surface area contributed by atoms with Crippen LogP contribution in [0.5, 0.6) is 0 Å². The van der Waals surface area contributed by atoms with Gasteiger partial charge in [0, 0.05) is 11.6 Å². The maximum atomic E-state index is 5.66. The lowest BCUT2D eigenvalue weighted by Crippen LogP contribution is -2.21. The molecule has 18 heavy (non-hydrogen) atoms. The van der Waals surface area contributed by atoms with Gasteiger partial charge in [0.15, 0.2) is 0 Å². The molecule has 1 heterocycles. The highest BCUT2D eigenvalue weighted by atomic mass is 32.1. The lowest BCUT2D eigenvalue weighted by atomic mass is 9.88. The smallest absolute Gasteiger partial charge is 0.109 e. The van der Waals surface area contributed by atoms with E-state index in [1.165, 1.54) is 17.8 Å². The highest BCUT2D eigenvalue weighted by Crippen LogP contribution is 2.20. The Morgan fingerprint density at radius 3 is 2.67 bits per heavy atom. The minimum atomic E-state index is 0.372. The van der Waals surface area contributed by atoms with Gasteiger partial charge in [-0.25, -0.2) is 4.98 Å². The Labute approximate surface area is 115 Å². The molecule has 104 valence electrons. The summed E-state index contributed by atoms with van der Waals surface area (Å²) >= 11 is 1.72. The standard InChI is InChI=1S/C14H27N3S/c1-11(2)13(6-7-15)5-4-8-16-12(3)14-17-9-10-18-14/h9-13,16H,4-8,15H2,1-3H3. The number of nitrogens with one attached hydrogen (secondary N) is 1. The minimum absolute atomic E-state index is 0.372. The zero-order valence-corrected chi connectivity index (χ0v) is 12.7. The molecule has 2 unspecified atom stereocenters. The second kappa shape index (κ2) is 8.62. The molecule has 0 saturated heterocycles. The van der Waals surface area contributed by atoms with E-state index in [4.69, 9.17) is 5.73 Å². The molecule has 0 fully saturated rings. The molecule has 0 saturated carbocycles. The van der Waals surface area contributed by atoms with Gasteiger partial charge < -0.3 is 11.1 Å². The highest BCUT2D eigenvalue weighted by molar-refractivity contribution is 7.09. The first-order valence-electron chi connectivity index (χ1n) is 6.98. The molecule has 0 spiro atoms. The fourth-order valence-corrected chi connectivity index (χ4v) is 2.91. The van der Waals surface area contributed by atoms with Crippen molar-refractivity contribution < 1.29 is 0 Å². The third kappa shape index (κ3) is 5.46. The first kappa shape index (κ1) is 15.6. The van der Waals surface area contributed by atoms with Crippen LogP contribution < -0.4 is 11.1 Å². The number of thiazole rings is 1. The van der Waals surface area contributed by atoms with Gasteiger partial charge in [0.05, 0.1) is 6.04 Å². The molecule has 3 nitrogen and oxygen atoms in total. The Morgan fingerprint density at radius 2 is 2.11 bits per heavy atom. The Balaban J connectivity index is 2.17. The molecular formula is C14H27N3S. The number of aromatic nitrogens is 1. The fraction of sp³-hybridized carbons (Fsp3) is 0.786. The molecule has 0 aromatic carbocycles. The lowest BCUT2D eigenvalue weighted by Gasteiger charge is -2.20. The number of nitrogens with zero attached hydrogens (tertiary/aromatic N) is 1. The van der Waals surface area contributed by atoms with Crippen LogP contribution in [0.1, 0.15) is 51.1 Å². The summed E-state index contributed by atoms with van der Waals surface area (Å²) < 4.78 is 0. The molecule has 1 aromatic rings. The first-order valence-corrected chi connectivity index (χ1v) is 7.86. The number of hydrogen-bond donors (Lipinski definition) is 2. The van der Waals surface area contributed by atoms with Crippen molar-refractivity contribution in [3.63, 3.8) is 0 Å². The Hall–Kier alpha value is -0.450. The van der Waals surface area contributed by atoms with Gasteiger partial charge >= 0.3 is 0 Å². The van der Waals surface area contributed by atoms with Crippen molar-refractivity contribution >= 4 is 11.3 Å². The molecule has 4 heteroatoms. The van der Waals surface area contributed by atoms with Crippen molar-refractivity contribution in [1.29, 1.82) is 0 Å². The number of nitrogens with two attached hydrogens (primary N) is 1. The minimum Gasteiger partial charge on any atom is -0.330 e. The fourth-order valence-electron chi connectivity index (χ4n) is 2.24. The van der Waals surface area contributed by atoms with E-state index in [9.17, 15) is 0 Å². The van der Waals surface area contributed by atoms with Crippen molar-refractivity contribution in [1.82, 2.24) is 10.3 Å². The van der Waals surface area contributed by atoms with Gasteiger partial charge in [-0.15, -0.1) is 11.3 Å². The molecule has 3 N–H and O–H groups in total. The van der Waals surface area contributed by atoms with E-state index >= 15 is 0 Å². The Morgan fingerprint density at radius 1 is 1.33 bits per heavy atom. The summed E-state index contributed by atoms with van der Waals surface area (Å²) in [6.45, 7) is 8.65. The van der Waals surface area contributed by atoms with Crippen molar-refractivity contribution in [2.75, 3.05) is 13.1 Å². The molecule has 1 aromatic heterocycles. The zero-order chi connectivity index (χ0) is 13.4. The molecule has 0 aliphatic rings. The predicted molar refractivity (Wildman–Crippen MR) is 79.8 cm³/mol. The van der Waals surface area contributed by atoms with E-state index in [0.29, 0.717) is 6.04 Å². The van der Waals surface area contributed by atoms with Crippen LogP contribution in [0.2, 0.25) is 0 Å². The maximum Gasteiger partial charge on any atom is 0.109 e. The summed E-state index contributed by atoms with van der Waals surface area (Å²) in [5.41, 5.74) is 5.66. The van der Waals surface area contributed by atoms with Crippen molar-refractivity contribution in [2.45, 2.75) is 46.1 Å². The third-order valence-electron chi connectivity index (χ3n) is 3.50. The topological polar surface area (TPSA) is 50.9 Å². The van der Waals surface area contributed by atoms with E-state index < -0.39 is 0 Å². The van der Waals surface area contributed by atoms with E-state index in [0.717, 1.165) is 31.3 Å². The summed E-state index contributed by atoms with van der Waals surface area (Å²) in [5.74, 6) is 1.51. The summed E-state index contributed by atoms with van der Waals surface area (Å²) in [5, 5.41) is 6.75. The van der Waals surface area contributed by atoms with Crippen LogP contribution >= 0.6 is 11.3 Å². The van der Waals surface area contributed by atoms with Gasteiger partial charge in [-0.2, -0.15) is 0 Å². The van der Waals surface area contributed by atoms with Crippen LogP contribution in [0.15, 0.2) is 11.6 Å². The predicted octanol–water partition coefficient (Wildman–Crippen LogP) is 3.19. The zero-order valence-electron chi connectivity index (χ0n) is 11.9. The summed E-state index contributed by atoms with van der Waals surface area (Å²) in [7, 11) is 0. The van der Waals surface area contributed by atoms with Gasteiger partial charge in [-0.3, -0.25) is 0 Å². The average Bonchev–Trinajstić information content (AvgIpc) is 2.86. The van der Waals surface area contributed by atoms with E-state index in [2.05, 4.69) is 31.1 Å². The average molecular weight is 269 g/mol. The second-order valence-corrected chi connectivity index (χ2v) is 6.20. The molecule has 0 aliphatic carbocycles. The molecule has 0 bridgehead atoms. The van der Waals surface area contributed by atoms with Crippen LogP contribution in [0.4, 0.5) is 0 Å². The van der Waals surface area contributed by atoms with Crippen LogP contribution in [0, 0.1) is 11.8 Å². The van der Waals surface area contributed by atoms with Gasteiger partial charge in [-0.05, 0) is 51.1 Å². The highest BCUT2D eigenvalue weighted by Gasteiger charge is 2.12. The summed E-state index contributed by atoms with van der Waals surface area (Å²) in [6.07, 6.45) is 5.51. The van der Waals surface area contributed by atoms with Crippen LogP contribution in [0.25, 0.3) is 0 Å². The van der Waals surface area contributed by atoms with Crippen molar-refractivity contribution in [2.24, 2.45) is 17.6 Å². The second-order valence-electron chi connectivity index (χ2n) is 5.27. The van der Waals surface area contributed by atoms with E-state index in [1.807, 2.05) is 11.6 Å². The molecule has 0 aliphatic heterocycles. The third-order valence-corrected chi connectivity index (χ3v) is 4.46. The molecule has 1 rings (SSSR count). The van der Waals surface area contributed by atoms with Gasteiger partial charge in [-0.1, -0.05) is 13.8 Å². The van der Waals surface area contributed by atoms with Crippen molar-refractivity contribution in [3.8, 4) is 0 Å². The van der Waals surface area contributed by atoms with Gasteiger partial charge in [0.2, 0.25) is 0 Å². The quantitative estimate of drug-likeness (QED) is 0.677. The van der Waals surface area contributed by atoms with Crippen LogP contribution in [-0.2, 0) is 0 Å². The van der Waals surface area contributed by atoms with E-state index in [-0.39, 0.29) is 0 Å². The van der Waals surface area contributed by atoms with Crippen molar-refractivity contribution in [3.05, 3.63) is 16.6 Å². The molecular weight excluding hydrogens is 242 g/mol. The normalized spacial score (nSPS) is 14.9. The SMILES string of the molecule is CC(NCCCC(CCN)C(C)C)c1nccs1. The number of hydrogen-bond acceptors (Lipinski definition) is 4. The Kier molecular flexibility index (Phi) is 7.47. The molecule has 0 amide bonds. The maximum absolute atomic E-state index is 5.66. The largest absolute Gasteiger partial charge is 0.330 e. The van der Waals surface area contributed by atoms with Crippen LogP contribution in [0.3, 0.4) is 0 Å². The van der Waals surface area contributed by atoms with E-state index in [1.54, 1.807) is 11.3 Å². The first-order chi connectivity index (χ1) is 8.65. The molecule has 0 radical (unpaired) electrons. The van der Waals surface area contributed by atoms with Gasteiger partial charge in [0.1, 0.15) is 5.01 Å². The lowest BCUT2D eigenvalue weighted by molar-refractivity contribution is 0.329. The monoisotopic (exact) mass is 269 g/mol. The van der Waals surface area contributed by atoms with Crippen LogP contribution in [-0.4, -0.2) is 18.1 Å².